The van der Waals surface area contributed by atoms with Gasteiger partial charge in [0.25, 0.3) is 0 Å². The fraction of sp³-hybridized carbons (Fsp3) is 0.345. The maximum absolute atomic E-state index is 12.5. The Kier molecular flexibility index (Phi) is 6.49. The average Bonchev–Trinajstić information content (AvgIpc) is 3.77. The summed E-state index contributed by atoms with van der Waals surface area (Å²) < 4.78 is 6.47. The molecule has 1 saturated heterocycles. The molecular formula is C29H30N6O2. The van der Waals surface area contributed by atoms with Crippen LogP contribution in [0.2, 0.25) is 0 Å². The van der Waals surface area contributed by atoms with Crippen molar-refractivity contribution >= 4 is 22.5 Å². The minimum atomic E-state index is 0.236. The number of hydrogen-bond donors (Lipinski definition) is 2. The first-order chi connectivity index (χ1) is 18.2. The van der Waals surface area contributed by atoms with Crippen LogP contribution in [0, 0.1) is 12.8 Å². The van der Waals surface area contributed by atoms with Crippen LogP contribution in [0.1, 0.15) is 36.8 Å². The molecule has 1 aliphatic heterocycles. The fourth-order valence-electron chi connectivity index (χ4n) is 4.95. The van der Waals surface area contributed by atoms with Gasteiger partial charge in [-0.05, 0) is 67.8 Å². The van der Waals surface area contributed by atoms with Crippen LogP contribution in [0.4, 0.5) is 5.95 Å². The summed E-state index contributed by atoms with van der Waals surface area (Å²) in [7, 11) is 0. The van der Waals surface area contributed by atoms with Crippen molar-refractivity contribution in [2.75, 3.05) is 18.4 Å². The molecule has 1 aliphatic carbocycles. The Morgan fingerprint density at radius 1 is 1.08 bits per heavy atom. The van der Waals surface area contributed by atoms with Crippen LogP contribution in [0.5, 0.6) is 11.6 Å². The van der Waals surface area contributed by atoms with Gasteiger partial charge in [-0.15, -0.1) is 5.10 Å². The van der Waals surface area contributed by atoms with Gasteiger partial charge in [-0.2, -0.15) is 5.10 Å². The van der Waals surface area contributed by atoms with E-state index >= 15 is 0 Å². The first-order valence-corrected chi connectivity index (χ1v) is 13.0. The van der Waals surface area contributed by atoms with Crippen LogP contribution in [0.25, 0.3) is 22.0 Å². The molecule has 1 saturated carbocycles. The Morgan fingerprint density at radius 2 is 2.00 bits per heavy atom. The van der Waals surface area contributed by atoms with Crippen molar-refractivity contribution in [1.82, 2.24) is 25.5 Å². The van der Waals surface area contributed by atoms with Gasteiger partial charge >= 0.3 is 0 Å². The van der Waals surface area contributed by atoms with Crippen LogP contribution < -0.4 is 15.4 Å². The van der Waals surface area contributed by atoms with Crippen molar-refractivity contribution in [1.29, 1.82) is 0 Å². The third kappa shape index (κ3) is 5.15. The highest BCUT2D eigenvalue weighted by molar-refractivity contribution is 5.96. The van der Waals surface area contributed by atoms with E-state index in [0.29, 0.717) is 41.5 Å². The summed E-state index contributed by atoms with van der Waals surface area (Å²) >= 11 is 0. The number of aryl methyl sites for hydroxylation is 1. The third-order valence-corrected chi connectivity index (χ3v) is 7.14. The topological polar surface area (TPSA) is 102 Å². The third-order valence-electron chi connectivity index (χ3n) is 7.14. The summed E-state index contributed by atoms with van der Waals surface area (Å²) in [4.78, 5) is 21.7. The lowest BCUT2D eigenvalue weighted by molar-refractivity contribution is -0.119. The molecule has 188 valence electrons. The molecule has 2 aliphatic rings. The van der Waals surface area contributed by atoms with Gasteiger partial charge in [-0.25, -0.2) is 9.97 Å². The van der Waals surface area contributed by atoms with Gasteiger partial charge in [0.15, 0.2) is 0 Å². The normalized spacial score (nSPS) is 17.5. The largest absolute Gasteiger partial charge is 0.436 e. The Labute approximate surface area is 215 Å². The molecule has 2 N–H and O–H groups in total. The second-order valence-corrected chi connectivity index (χ2v) is 9.95. The Bertz CT molecular complexity index is 1450. The molecule has 6 rings (SSSR count). The van der Waals surface area contributed by atoms with Gasteiger partial charge in [0.2, 0.25) is 11.8 Å². The number of anilines is 1. The van der Waals surface area contributed by atoms with E-state index in [2.05, 4.69) is 31.9 Å². The van der Waals surface area contributed by atoms with Crippen molar-refractivity contribution in [3.8, 4) is 22.9 Å². The highest BCUT2D eigenvalue weighted by atomic mass is 16.5. The standard InChI is InChI=1S/C29H30N6O2/c1-18-7-10-22-20(16-26(36)19-8-9-19)4-2-6-23(22)27(18)37-28-24(11-15-32-35-28)25-12-14-31-29(34-25)33-21-5-3-13-30-17-21/h2,4,6-7,10-12,14-15,19,21,30H,3,5,8-9,13,16-17H2,1H3,(H,31,33,34)/t21-/m0/s1. The molecular weight excluding hydrogens is 464 g/mol. The molecule has 2 aromatic heterocycles. The number of nitrogens with zero attached hydrogens (tertiary/aromatic N) is 4. The number of ether oxygens (including phenoxy) is 1. The van der Waals surface area contributed by atoms with Crippen LogP contribution >= 0.6 is 0 Å². The molecule has 3 heterocycles. The number of Topliss-reactive ketones (excluding diaryl/α,β-unsaturated/α-hetero) is 1. The summed E-state index contributed by atoms with van der Waals surface area (Å²) in [5, 5.41) is 17.2. The molecule has 4 aromatic rings. The predicted molar refractivity (Wildman–Crippen MR) is 143 cm³/mol. The van der Waals surface area contributed by atoms with E-state index in [9.17, 15) is 4.79 Å². The molecule has 8 nitrogen and oxygen atoms in total. The van der Waals surface area contributed by atoms with Gasteiger partial charge in [0.1, 0.15) is 11.5 Å². The Hall–Kier alpha value is -3.91. The number of ketones is 1. The highest BCUT2D eigenvalue weighted by Crippen LogP contribution is 2.38. The SMILES string of the molecule is Cc1ccc2c(CC(=O)C3CC3)cccc2c1Oc1nnccc1-c1ccnc(N[C@H]2CCCNC2)n1. The Balaban J connectivity index is 1.32. The predicted octanol–water partition coefficient (Wildman–Crippen LogP) is 4.87. The molecule has 8 heteroatoms. The van der Waals surface area contributed by atoms with Crippen LogP contribution in [-0.2, 0) is 11.2 Å². The van der Waals surface area contributed by atoms with E-state index in [4.69, 9.17) is 9.72 Å². The van der Waals surface area contributed by atoms with E-state index in [1.54, 1.807) is 12.4 Å². The minimum Gasteiger partial charge on any atom is -0.436 e. The number of rotatable bonds is 8. The maximum Gasteiger partial charge on any atom is 0.248 e. The average molecular weight is 495 g/mol. The first-order valence-electron chi connectivity index (χ1n) is 13.0. The molecule has 0 unspecified atom stereocenters. The van der Waals surface area contributed by atoms with E-state index in [1.165, 1.54) is 0 Å². The van der Waals surface area contributed by atoms with E-state index in [0.717, 1.165) is 66.2 Å². The van der Waals surface area contributed by atoms with Gasteiger partial charge < -0.3 is 15.4 Å². The number of nitrogens with one attached hydrogen (secondary N) is 2. The number of hydrogen-bond acceptors (Lipinski definition) is 8. The monoisotopic (exact) mass is 494 g/mol. The van der Waals surface area contributed by atoms with Crippen molar-refractivity contribution < 1.29 is 9.53 Å². The molecule has 2 aromatic carbocycles. The zero-order chi connectivity index (χ0) is 25.2. The minimum absolute atomic E-state index is 0.236. The number of carbonyl (C=O) groups excluding carboxylic acids is 1. The lowest BCUT2D eigenvalue weighted by atomic mass is 9.97. The quantitative estimate of drug-likeness (QED) is 0.358. The van der Waals surface area contributed by atoms with E-state index in [1.807, 2.05) is 43.3 Å². The summed E-state index contributed by atoms with van der Waals surface area (Å²) in [6.45, 7) is 3.96. The van der Waals surface area contributed by atoms with Crippen LogP contribution in [0.15, 0.2) is 54.9 Å². The van der Waals surface area contributed by atoms with Crippen molar-refractivity contribution in [2.45, 2.75) is 45.1 Å². The number of fused-ring (bicyclic) bond motifs is 1. The van der Waals surface area contributed by atoms with Gasteiger partial charge in [-0.3, -0.25) is 4.79 Å². The summed E-state index contributed by atoms with van der Waals surface area (Å²) in [5.74, 6) is 2.23. The Morgan fingerprint density at radius 3 is 2.84 bits per heavy atom. The van der Waals surface area contributed by atoms with Crippen LogP contribution in [-0.4, -0.2) is 45.1 Å². The van der Waals surface area contributed by atoms with Gasteiger partial charge in [0.05, 0.1) is 17.5 Å². The van der Waals surface area contributed by atoms with Crippen molar-refractivity contribution in [2.24, 2.45) is 5.92 Å². The fourth-order valence-corrected chi connectivity index (χ4v) is 4.95. The second-order valence-electron chi connectivity index (χ2n) is 9.95. The number of carbonyl (C=O) groups is 1. The highest BCUT2D eigenvalue weighted by Gasteiger charge is 2.29. The van der Waals surface area contributed by atoms with E-state index < -0.39 is 0 Å². The molecule has 1 atom stereocenters. The molecule has 0 bridgehead atoms. The van der Waals surface area contributed by atoms with Gasteiger partial charge in [0, 0.05) is 36.5 Å². The lowest BCUT2D eigenvalue weighted by Gasteiger charge is -2.23. The number of benzene rings is 2. The maximum atomic E-state index is 12.5. The van der Waals surface area contributed by atoms with Crippen molar-refractivity contribution in [3.05, 3.63) is 66.0 Å². The smallest absolute Gasteiger partial charge is 0.248 e. The molecule has 0 radical (unpaired) electrons. The zero-order valence-electron chi connectivity index (χ0n) is 20.9. The number of aromatic nitrogens is 4. The molecule has 0 spiro atoms. The van der Waals surface area contributed by atoms with Crippen molar-refractivity contribution in [3.63, 3.8) is 0 Å². The van der Waals surface area contributed by atoms with E-state index in [-0.39, 0.29) is 5.92 Å². The summed E-state index contributed by atoms with van der Waals surface area (Å²) in [5.41, 5.74) is 3.45. The molecule has 37 heavy (non-hydrogen) atoms. The zero-order valence-corrected chi connectivity index (χ0v) is 20.9. The lowest BCUT2D eigenvalue weighted by Crippen LogP contribution is -2.38. The second kappa shape index (κ2) is 10.2. The molecule has 0 amide bonds. The summed E-state index contributed by atoms with van der Waals surface area (Å²) in [6, 6.07) is 14.2. The molecule has 2 fully saturated rings. The van der Waals surface area contributed by atoms with Crippen LogP contribution in [0.3, 0.4) is 0 Å². The summed E-state index contributed by atoms with van der Waals surface area (Å²) in [6.07, 6.45) is 8.09. The van der Waals surface area contributed by atoms with Gasteiger partial charge in [-0.1, -0.05) is 30.3 Å². The number of piperidine rings is 1. The first kappa shape index (κ1) is 23.5.